The standard InChI is InChI=1S/C13H24FN3/c1-5-11(4)17-7-6-12(16-17)8-13(14,9-15)10(2)3/h6-7,10-11H,5,8-9,15H2,1-4H3. The summed E-state index contributed by atoms with van der Waals surface area (Å²) in [5, 5.41) is 4.42. The van der Waals surface area contributed by atoms with Crippen LogP contribution in [0.4, 0.5) is 4.39 Å². The van der Waals surface area contributed by atoms with Gasteiger partial charge in [-0.25, -0.2) is 4.39 Å². The van der Waals surface area contributed by atoms with Crippen molar-refractivity contribution in [1.82, 2.24) is 9.78 Å². The first kappa shape index (κ1) is 14.2. The van der Waals surface area contributed by atoms with Gasteiger partial charge in [0.05, 0.1) is 5.69 Å². The fourth-order valence-electron chi connectivity index (χ4n) is 1.72. The minimum Gasteiger partial charge on any atom is -0.328 e. The van der Waals surface area contributed by atoms with Gasteiger partial charge < -0.3 is 5.73 Å². The third-order valence-corrected chi connectivity index (χ3v) is 3.56. The summed E-state index contributed by atoms with van der Waals surface area (Å²) in [4.78, 5) is 0. The Hall–Kier alpha value is -0.900. The quantitative estimate of drug-likeness (QED) is 0.832. The molecular weight excluding hydrogens is 217 g/mol. The lowest BCUT2D eigenvalue weighted by molar-refractivity contribution is 0.109. The molecule has 0 aromatic carbocycles. The number of nitrogens with zero attached hydrogens (tertiary/aromatic N) is 2. The van der Waals surface area contributed by atoms with Crippen molar-refractivity contribution in [2.24, 2.45) is 11.7 Å². The second-order valence-corrected chi connectivity index (χ2v) is 5.11. The normalized spacial score (nSPS) is 17.1. The minimum atomic E-state index is -1.35. The molecule has 0 radical (unpaired) electrons. The van der Waals surface area contributed by atoms with Crippen molar-refractivity contribution in [2.75, 3.05) is 6.54 Å². The highest BCUT2D eigenvalue weighted by atomic mass is 19.1. The molecule has 3 nitrogen and oxygen atoms in total. The summed E-state index contributed by atoms with van der Waals surface area (Å²) in [7, 11) is 0. The summed E-state index contributed by atoms with van der Waals surface area (Å²) in [5.74, 6) is -0.0961. The lowest BCUT2D eigenvalue weighted by atomic mass is 9.88. The van der Waals surface area contributed by atoms with Crippen molar-refractivity contribution < 1.29 is 4.39 Å². The third-order valence-electron chi connectivity index (χ3n) is 3.56. The topological polar surface area (TPSA) is 43.8 Å². The summed E-state index contributed by atoms with van der Waals surface area (Å²) in [5.41, 5.74) is 4.97. The van der Waals surface area contributed by atoms with Gasteiger partial charge in [0, 0.05) is 25.2 Å². The Balaban J connectivity index is 2.78. The largest absolute Gasteiger partial charge is 0.328 e. The predicted molar refractivity (Wildman–Crippen MR) is 68.7 cm³/mol. The van der Waals surface area contributed by atoms with Gasteiger partial charge in [-0.2, -0.15) is 5.10 Å². The SMILES string of the molecule is CCC(C)n1ccc(CC(F)(CN)C(C)C)n1. The van der Waals surface area contributed by atoms with Gasteiger partial charge in [-0.1, -0.05) is 20.8 Å². The zero-order valence-electron chi connectivity index (χ0n) is 11.3. The molecule has 1 heterocycles. The maximum atomic E-state index is 14.4. The molecule has 17 heavy (non-hydrogen) atoms. The molecule has 2 atom stereocenters. The van der Waals surface area contributed by atoms with E-state index in [4.69, 9.17) is 5.73 Å². The van der Waals surface area contributed by atoms with Crippen LogP contribution in [0.3, 0.4) is 0 Å². The van der Waals surface area contributed by atoms with Crippen LogP contribution in [0.1, 0.15) is 45.9 Å². The molecule has 0 fully saturated rings. The monoisotopic (exact) mass is 241 g/mol. The van der Waals surface area contributed by atoms with Crippen molar-refractivity contribution >= 4 is 0 Å². The summed E-state index contributed by atoms with van der Waals surface area (Å²) in [6, 6.07) is 2.24. The van der Waals surface area contributed by atoms with Crippen molar-refractivity contribution in [2.45, 2.75) is 52.2 Å². The van der Waals surface area contributed by atoms with Crippen molar-refractivity contribution in [3.05, 3.63) is 18.0 Å². The molecule has 1 aromatic rings. The van der Waals surface area contributed by atoms with E-state index in [1.165, 1.54) is 0 Å². The minimum absolute atomic E-state index is 0.0425. The second-order valence-electron chi connectivity index (χ2n) is 5.11. The van der Waals surface area contributed by atoms with Crippen molar-refractivity contribution in [3.8, 4) is 0 Å². The fraction of sp³-hybridized carbons (Fsp3) is 0.769. The Labute approximate surface area is 103 Å². The number of halogens is 1. The Morgan fingerprint density at radius 3 is 2.59 bits per heavy atom. The molecule has 0 aliphatic heterocycles. The molecule has 2 N–H and O–H groups in total. The summed E-state index contributed by atoms with van der Waals surface area (Å²) < 4.78 is 16.3. The van der Waals surface area contributed by atoms with Gasteiger partial charge in [0.1, 0.15) is 5.67 Å². The molecule has 4 heteroatoms. The highest BCUT2D eigenvalue weighted by Gasteiger charge is 2.33. The molecule has 2 unspecified atom stereocenters. The first-order valence-corrected chi connectivity index (χ1v) is 6.36. The number of nitrogens with two attached hydrogens (primary N) is 1. The lowest BCUT2D eigenvalue weighted by Gasteiger charge is -2.26. The number of hydrogen-bond donors (Lipinski definition) is 1. The lowest BCUT2D eigenvalue weighted by Crippen LogP contribution is -2.40. The Bertz CT molecular complexity index is 348. The van der Waals surface area contributed by atoms with E-state index in [-0.39, 0.29) is 12.5 Å². The van der Waals surface area contributed by atoms with Gasteiger partial charge >= 0.3 is 0 Å². The van der Waals surface area contributed by atoms with E-state index in [1.807, 2.05) is 30.8 Å². The van der Waals surface area contributed by atoms with Crippen LogP contribution in [-0.4, -0.2) is 22.0 Å². The molecule has 1 aromatic heterocycles. The molecule has 0 aliphatic carbocycles. The van der Waals surface area contributed by atoms with E-state index in [2.05, 4.69) is 18.9 Å². The van der Waals surface area contributed by atoms with Crippen LogP contribution in [0.15, 0.2) is 12.3 Å². The van der Waals surface area contributed by atoms with E-state index in [0.717, 1.165) is 12.1 Å². The average Bonchev–Trinajstić information content (AvgIpc) is 2.75. The summed E-state index contributed by atoms with van der Waals surface area (Å²) in [6.07, 6.45) is 3.23. The van der Waals surface area contributed by atoms with E-state index < -0.39 is 5.67 Å². The number of alkyl halides is 1. The van der Waals surface area contributed by atoms with Gasteiger partial charge in [-0.15, -0.1) is 0 Å². The first-order chi connectivity index (χ1) is 7.92. The molecule has 1 rings (SSSR count). The molecule has 0 bridgehead atoms. The Morgan fingerprint density at radius 1 is 1.47 bits per heavy atom. The molecule has 0 saturated carbocycles. The molecule has 0 spiro atoms. The smallest absolute Gasteiger partial charge is 0.131 e. The van der Waals surface area contributed by atoms with Crippen LogP contribution < -0.4 is 5.73 Å². The highest BCUT2D eigenvalue weighted by molar-refractivity contribution is 5.06. The zero-order valence-corrected chi connectivity index (χ0v) is 11.3. The second kappa shape index (κ2) is 5.63. The maximum absolute atomic E-state index is 14.4. The molecule has 0 amide bonds. The Kier molecular flexibility index (Phi) is 4.69. The van der Waals surface area contributed by atoms with Gasteiger partial charge in [-0.3, -0.25) is 4.68 Å². The fourth-order valence-corrected chi connectivity index (χ4v) is 1.72. The number of rotatable bonds is 6. The summed E-state index contributed by atoms with van der Waals surface area (Å²) in [6.45, 7) is 7.97. The van der Waals surface area contributed by atoms with Crippen LogP contribution >= 0.6 is 0 Å². The van der Waals surface area contributed by atoms with Crippen molar-refractivity contribution in [1.29, 1.82) is 0 Å². The van der Waals surface area contributed by atoms with Crippen LogP contribution in [0, 0.1) is 5.92 Å². The maximum Gasteiger partial charge on any atom is 0.131 e. The molecule has 0 aliphatic rings. The number of aromatic nitrogens is 2. The summed E-state index contributed by atoms with van der Waals surface area (Å²) >= 11 is 0. The zero-order chi connectivity index (χ0) is 13.1. The Morgan fingerprint density at radius 2 is 2.12 bits per heavy atom. The molecule has 0 saturated heterocycles. The predicted octanol–water partition coefficient (Wildman–Crippen LogP) is 2.72. The van der Waals surface area contributed by atoms with Gasteiger partial charge in [0.2, 0.25) is 0 Å². The van der Waals surface area contributed by atoms with Gasteiger partial charge in [-0.05, 0) is 25.3 Å². The van der Waals surface area contributed by atoms with Crippen LogP contribution in [0.25, 0.3) is 0 Å². The van der Waals surface area contributed by atoms with Crippen LogP contribution in [0.5, 0.6) is 0 Å². The first-order valence-electron chi connectivity index (χ1n) is 6.36. The van der Waals surface area contributed by atoms with Crippen LogP contribution in [-0.2, 0) is 6.42 Å². The van der Waals surface area contributed by atoms with E-state index in [9.17, 15) is 4.39 Å². The van der Waals surface area contributed by atoms with E-state index >= 15 is 0 Å². The van der Waals surface area contributed by atoms with Gasteiger partial charge in [0.15, 0.2) is 0 Å². The third kappa shape index (κ3) is 3.28. The highest BCUT2D eigenvalue weighted by Crippen LogP contribution is 2.25. The molecular formula is C13H24FN3. The van der Waals surface area contributed by atoms with Crippen molar-refractivity contribution in [3.63, 3.8) is 0 Å². The van der Waals surface area contributed by atoms with Gasteiger partial charge in [0.25, 0.3) is 0 Å². The van der Waals surface area contributed by atoms with Crippen LogP contribution in [0.2, 0.25) is 0 Å². The van der Waals surface area contributed by atoms with E-state index in [0.29, 0.717) is 12.5 Å². The number of hydrogen-bond acceptors (Lipinski definition) is 2. The van der Waals surface area contributed by atoms with E-state index in [1.54, 1.807) is 0 Å². The average molecular weight is 241 g/mol. The molecule has 98 valence electrons.